The van der Waals surface area contributed by atoms with E-state index in [2.05, 4.69) is 33.0 Å². The maximum atomic E-state index is 5.40. The summed E-state index contributed by atoms with van der Waals surface area (Å²) in [4.78, 5) is 0. The molecule has 0 amide bonds. The van der Waals surface area contributed by atoms with Gasteiger partial charge in [-0.2, -0.15) is 0 Å². The lowest BCUT2D eigenvalue weighted by atomic mass is 9.88. The minimum absolute atomic E-state index is 0.317. The fourth-order valence-electron chi connectivity index (χ4n) is 2.34. The monoisotopic (exact) mass is 213 g/mol. The highest BCUT2D eigenvalue weighted by Crippen LogP contribution is 2.22. The van der Waals surface area contributed by atoms with Crippen molar-refractivity contribution in [3.63, 3.8) is 0 Å². The molecule has 1 heterocycles. The second-order valence-electron chi connectivity index (χ2n) is 5.15. The highest BCUT2D eigenvalue weighted by atomic mass is 16.5. The molecule has 90 valence electrons. The second-order valence-corrected chi connectivity index (χ2v) is 5.15. The Morgan fingerprint density at radius 3 is 2.27 bits per heavy atom. The predicted molar refractivity (Wildman–Crippen MR) is 65.1 cm³/mol. The summed E-state index contributed by atoms with van der Waals surface area (Å²) in [5, 5.41) is 3.81. The van der Waals surface area contributed by atoms with E-state index in [4.69, 9.17) is 4.74 Å². The molecule has 0 aromatic carbocycles. The van der Waals surface area contributed by atoms with Crippen LogP contribution in [0.25, 0.3) is 0 Å². The number of nitrogens with one attached hydrogen (secondary N) is 1. The summed E-state index contributed by atoms with van der Waals surface area (Å²) in [7, 11) is 0. The van der Waals surface area contributed by atoms with Crippen LogP contribution in [-0.2, 0) is 4.74 Å². The zero-order chi connectivity index (χ0) is 11.3. The van der Waals surface area contributed by atoms with Gasteiger partial charge in [0.05, 0.1) is 0 Å². The Morgan fingerprint density at radius 1 is 1.27 bits per heavy atom. The number of hydrogen-bond donors (Lipinski definition) is 1. The Hall–Kier alpha value is -0.0800. The zero-order valence-corrected chi connectivity index (χ0v) is 10.8. The third-order valence-corrected chi connectivity index (χ3v) is 4.11. The Labute approximate surface area is 94.8 Å². The molecule has 2 heteroatoms. The van der Waals surface area contributed by atoms with Crippen molar-refractivity contribution in [3.8, 4) is 0 Å². The van der Waals surface area contributed by atoms with E-state index in [0.29, 0.717) is 11.6 Å². The van der Waals surface area contributed by atoms with Crippen molar-refractivity contribution < 1.29 is 4.74 Å². The molecule has 0 aromatic rings. The lowest BCUT2D eigenvalue weighted by Crippen LogP contribution is -2.49. The van der Waals surface area contributed by atoms with Gasteiger partial charge in [-0.25, -0.2) is 0 Å². The van der Waals surface area contributed by atoms with Crippen LogP contribution in [0.2, 0.25) is 0 Å². The molecular weight excluding hydrogens is 186 g/mol. The Morgan fingerprint density at radius 2 is 1.80 bits per heavy atom. The van der Waals surface area contributed by atoms with Crippen LogP contribution in [0.5, 0.6) is 0 Å². The maximum Gasteiger partial charge on any atom is 0.0469 e. The molecule has 0 aliphatic carbocycles. The van der Waals surface area contributed by atoms with Crippen molar-refractivity contribution in [3.05, 3.63) is 0 Å². The minimum Gasteiger partial charge on any atom is -0.381 e. The molecule has 1 aliphatic heterocycles. The summed E-state index contributed by atoms with van der Waals surface area (Å²) in [6, 6.07) is 0.624. The predicted octanol–water partition coefficient (Wildman–Crippen LogP) is 2.97. The second kappa shape index (κ2) is 5.86. The van der Waals surface area contributed by atoms with Gasteiger partial charge in [-0.1, -0.05) is 13.8 Å². The van der Waals surface area contributed by atoms with Crippen molar-refractivity contribution in [1.29, 1.82) is 0 Å². The lowest BCUT2D eigenvalue weighted by Gasteiger charge is -2.37. The first-order chi connectivity index (χ1) is 7.11. The highest BCUT2D eigenvalue weighted by Gasteiger charge is 2.26. The Kier molecular flexibility index (Phi) is 5.07. The van der Waals surface area contributed by atoms with Crippen molar-refractivity contribution in [2.24, 2.45) is 5.92 Å². The summed E-state index contributed by atoms with van der Waals surface area (Å²) in [6.07, 6.45) is 4.85. The summed E-state index contributed by atoms with van der Waals surface area (Å²) in [5.41, 5.74) is 0.317. The van der Waals surface area contributed by atoms with Gasteiger partial charge in [-0.3, -0.25) is 0 Å². The quantitative estimate of drug-likeness (QED) is 0.758. The molecule has 1 N–H and O–H groups in total. The van der Waals surface area contributed by atoms with Crippen LogP contribution in [0.3, 0.4) is 0 Å². The number of rotatable bonds is 5. The molecule has 0 bridgehead atoms. The molecule has 2 nitrogen and oxygen atoms in total. The third-order valence-electron chi connectivity index (χ3n) is 4.11. The van der Waals surface area contributed by atoms with E-state index in [9.17, 15) is 0 Å². The highest BCUT2D eigenvalue weighted by molar-refractivity contribution is 4.86. The van der Waals surface area contributed by atoms with Gasteiger partial charge in [0.2, 0.25) is 0 Å². The molecule has 1 rings (SSSR count). The molecule has 0 radical (unpaired) electrons. The average Bonchev–Trinajstić information content (AvgIpc) is 2.30. The zero-order valence-electron chi connectivity index (χ0n) is 10.8. The fourth-order valence-corrected chi connectivity index (χ4v) is 2.34. The van der Waals surface area contributed by atoms with Crippen molar-refractivity contribution in [1.82, 2.24) is 5.32 Å². The van der Waals surface area contributed by atoms with Crippen LogP contribution in [0.1, 0.15) is 53.4 Å². The SMILES string of the molecule is CCC(C)(CC)NC(C)C1CCOCC1. The van der Waals surface area contributed by atoms with E-state index in [1.165, 1.54) is 25.7 Å². The minimum atomic E-state index is 0.317. The van der Waals surface area contributed by atoms with E-state index in [1.807, 2.05) is 0 Å². The average molecular weight is 213 g/mol. The van der Waals surface area contributed by atoms with Crippen molar-refractivity contribution in [2.75, 3.05) is 13.2 Å². The van der Waals surface area contributed by atoms with Gasteiger partial charge < -0.3 is 10.1 Å². The molecule has 15 heavy (non-hydrogen) atoms. The van der Waals surface area contributed by atoms with E-state index in [-0.39, 0.29) is 0 Å². The first-order valence-electron chi connectivity index (χ1n) is 6.46. The molecule has 1 fully saturated rings. The van der Waals surface area contributed by atoms with Crippen molar-refractivity contribution in [2.45, 2.75) is 65.0 Å². The smallest absolute Gasteiger partial charge is 0.0469 e. The van der Waals surface area contributed by atoms with E-state index < -0.39 is 0 Å². The van der Waals surface area contributed by atoms with Gasteiger partial charge in [-0.05, 0) is 45.4 Å². The molecule has 1 aliphatic rings. The van der Waals surface area contributed by atoms with Gasteiger partial charge in [-0.15, -0.1) is 0 Å². The van der Waals surface area contributed by atoms with Gasteiger partial charge >= 0.3 is 0 Å². The summed E-state index contributed by atoms with van der Waals surface area (Å²) < 4.78 is 5.40. The number of ether oxygens (including phenoxy) is 1. The van der Waals surface area contributed by atoms with Crippen LogP contribution in [0.4, 0.5) is 0 Å². The number of hydrogen-bond acceptors (Lipinski definition) is 2. The summed E-state index contributed by atoms with van der Waals surface area (Å²) in [6.45, 7) is 11.1. The van der Waals surface area contributed by atoms with Crippen LogP contribution >= 0.6 is 0 Å². The molecule has 0 spiro atoms. The van der Waals surface area contributed by atoms with Gasteiger partial charge in [0, 0.05) is 24.8 Å². The van der Waals surface area contributed by atoms with Crippen LogP contribution in [-0.4, -0.2) is 24.8 Å². The topological polar surface area (TPSA) is 21.3 Å². The first-order valence-corrected chi connectivity index (χ1v) is 6.46. The van der Waals surface area contributed by atoms with E-state index >= 15 is 0 Å². The fraction of sp³-hybridized carbons (Fsp3) is 1.00. The van der Waals surface area contributed by atoms with E-state index in [1.54, 1.807) is 0 Å². The largest absolute Gasteiger partial charge is 0.381 e. The Bertz CT molecular complexity index is 171. The van der Waals surface area contributed by atoms with Crippen molar-refractivity contribution >= 4 is 0 Å². The maximum absolute atomic E-state index is 5.40. The Balaban J connectivity index is 2.41. The summed E-state index contributed by atoms with van der Waals surface area (Å²) in [5.74, 6) is 0.802. The molecular formula is C13H27NO. The standard InChI is InChI=1S/C13H27NO/c1-5-13(4,6-2)14-11(3)12-7-9-15-10-8-12/h11-12,14H,5-10H2,1-4H3. The lowest BCUT2D eigenvalue weighted by molar-refractivity contribution is 0.0509. The van der Waals surface area contributed by atoms with Crippen LogP contribution in [0, 0.1) is 5.92 Å². The molecule has 0 aromatic heterocycles. The van der Waals surface area contributed by atoms with Crippen LogP contribution in [0.15, 0.2) is 0 Å². The van der Waals surface area contributed by atoms with Gasteiger partial charge in [0.25, 0.3) is 0 Å². The third kappa shape index (κ3) is 3.76. The molecule has 0 saturated carbocycles. The first kappa shape index (κ1) is 13.0. The summed E-state index contributed by atoms with van der Waals surface area (Å²) >= 11 is 0. The van der Waals surface area contributed by atoms with Crippen LogP contribution < -0.4 is 5.32 Å². The van der Waals surface area contributed by atoms with Gasteiger partial charge in [0.15, 0.2) is 0 Å². The molecule has 1 unspecified atom stereocenters. The van der Waals surface area contributed by atoms with E-state index in [0.717, 1.165) is 19.1 Å². The molecule has 1 saturated heterocycles. The molecule has 1 atom stereocenters. The van der Waals surface area contributed by atoms with Gasteiger partial charge in [0.1, 0.15) is 0 Å². The normalized spacial score (nSPS) is 21.6.